The maximum absolute atomic E-state index is 9.45. The predicted octanol–water partition coefficient (Wildman–Crippen LogP) is 4.26. The molecule has 3 aromatic rings. The molecule has 8 heteroatoms. The molecule has 0 aliphatic carbocycles. The van der Waals surface area contributed by atoms with Crippen LogP contribution in [0.1, 0.15) is 58.1 Å². The van der Waals surface area contributed by atoms with E-state index in [0.29, 0.717) is 12.5 Å². The van der Waals surface area contributed by atoms with Gasteiger partial charge in [-0.2, -0.15) is 10.4 Å². The molecule has 2 aliphatic heterocycles. The summed E-state index contributed by atoms with van der Waals surface area (Å²) in [5, 5.41) is 13.8. The minimum absolute atomic E-state index is 0.215. The fraction of sp³-hybridized carbons (Fsp3) is 0.520. The average Bonchev–Trinajstić information content (AvgIpc) is 3.43. The van der Waals surface area contributed by atoms with E-state index in [0.717, 1.165) is 61.1 Å². The van der Waals surface area contributed by atoms with E-state index in [1.54, 1.807) is 6.33 Å². The van der Waals surface area contributed by atoms with Gasteiger partial charge in [0.15, 0.2) is 5.82 Å². The molecule has 1 saturated heterocycles. The van der Waals surface area contributed by atoms with E-state index in [1.807, 2.05) is 18.5 Å². The van der Waals surface area contributed by atoms with Gasteiger partial charge >= 0.3 is 0 Å². The first kappa shape index (κ1) is 21.7. The number of ether oxygens (including phenoxy) is 1. The molecule has 0 N–H and O–H groups in total. The van der Waals surface area contributed by atoms with Gasteiger partial charge < -0.3 is 9.30 Å². The Morgan fingerprint density at radius 3 is 2.67 bits per heavy atom. The number of hydrogen-bond donors (Lipinski definition) is 0. The van der Waals surface area contributed by atoms with E-state index in [1.165, 1.54) is 5.56 Å². The Morgan fingerprint density at radius 2 is 1.94 bits per heavy atom. The molecule has 0 amide bonds. The molecule has 1 fully saturated rings. The van der Waals surface area contributed by atoms with Gasteiger partial charge in [-0.05, 0) is 64.2 Å². The Hall–Kier alpha value is -3.18. The van der Waals surface area contributed by atoms with Gasteiger partial charge in [0, 0.05) is 25.3 Å². The standard InChI is InChI=1S/C25H31N7O/c1-17(2)32-24(27-16-28-32)21-14-30-11-12-33-22-13-19(5-6-20(22)23(30)29-21)18-7-9-31(10-8-18)25(3,4)15-26/h5-6,13-14,16-18H,7-12H2,1-4H3. The van der Waals surface area contributed by atoms with Crippen molar-refractivity contribution in [3.8, 4) is 34.7 Å². The number of nitrogens with zero attached hydrogens (tertiary/aromatic N) is 7. The fourth-order valence-electron chi connectivity index (χ4n) is 4.91. The third-order valence-electron chi connectivity index (χ3n) is 6.93. The molecule has 0 unspecified atom stereocenters. The van der Waals surface area contributed by atoms with E-state index in [2.05, 4.69) is 63.9 Å². The smallest absolute Gasteiger partial charge is 0.178 e. The summed E-state index contributed by atoms with van der Waals surface area (Å²) in [5.74, 6) is 3.07. The van der Waals surface area contributed by atoms with E-state index in [4.69, 9.17) is 9.72 Å². The highest BCUT2D eigenvalue weighted by Gasteiger charge is 2.31. The molecule has 8 nitrogen and oxygen atoms in total. The molecule has 0 radical (unpaired) electrons. The molecule has 5 rings (SSSR count). The molecule has 4 heterocycles. The summed E-state index contributed by atoms with van der Waals surface area (Å²) >= 11 is 0. The van der Waals surface area contributed by atoms with Gasteiger partial charge in [0.25, 0.3) is 0 Å². The minimum Gasteiger partial charge on any atom is -0.491 e. The van der Waals surface area contributed by atoms with Gasteiger partial charge in [-0.15, -0.1) is 0 Å². The lowest BCUT2D eigenvalue weighted by Crippen LogP contribution is -2.46. The Balaban J connectivity index is 1.41. The highest BCUT2D eigenvalue weighted by atomic mass is 16.5. The van der Waals surface area contributed by atoms with Crippen molar-refractivity contribution >= 4 is 0 Å². The van der Waals surface area contributed by atoms with Crippen LogP contribution in [0.5, 0.6) is 5.75 Å². The highest BCUT2D eigenvalue weighted by Crippen LogP contribution is 2.38. The zero-order valence-electron chi connectivity index (χ0n) is 19.8. The van der Waals surface area contributed by atoms with Crippen LogP contribution in [0.3, 0.4) is 0 Å². The molecule has 0 spiro atoms. The third kappa shape index (κ3) is 3.91. The molecule has 1 aromatic carbocycles. The zero-order chi connectivity index (χ0) is 23.2. The van der Waals surface area contributed by atoms with Gasteiger partial charge in [0.1, 0.15) is 35.7 Å². The van der Waals surface area contributed by atoms with Crippen molar-refractivity contribution in [1.82, 2.24) is 29.2 Å². The number of piperidine rings is 1. The summed E-state index contributed by atoms with van der Waals surface area (Å²) in [6.07, 6.45) is 5.74. The van der Waals surface area contributed by atoms with Gasteiger partial charge in [-0.1, -0.05) is 6.07 Å². The maximum Gasteiger partial charge on any atom is 0.178 e. The molecule has 0 bridgehead atoms. The second kappa shape index (κ2) is 8.31. The third-order valence-corrected chi connectivity index (χ3v) is 6.93. The summed E-state index contributed by atoms with van der Waals surface area (Å²) < 4.78 is 10.2. The predicted molar refractivity (Wildman–Crippen MR) is 126 cm³/mol. The Morgan fingerprint density at radius 1 is 1.15 bits per heavy atom. The van der Waals surface area contributed by atoms with Crippen LogP contribution in [0.15, 0.2) is 30.7 Å². The first-order valence-corrected chi connectivity index (χ1v) is 11.8. The van der Waals surface area contributed by atoms with Crippen LogP contribution >= 0.6 is 0 Å². The maximum atomic E-state index is 9.45. The van der Waals surface area contributed by atoms with Crippen LogP contribution in [0, 0.1) is 11.3 Å². The Kier molecular flexibility index (Phi) is 5.45. The topological polar surface area (TPSA) is 84.8 Å². The van der Waals surface area contributed by atoms with Gasteiger partial charge in [-0.25, -0.2) is 14.6 Å². The van der Waals surface area contributed by atoms with Crippen LogP contribution < -0.4 is 4.74 Å². The summed E-state index contributed by atoms with van der Waals surface area (Å²) in [4.78, 5) is 11.7. The number of benzene rings is 1. The lowest BCUT2D eigenvalue weighted by molar-refractivity contribution is 0.128. The van der Waals surface area contributed by atoms with Crippen LogP contribution in [-0.4, -0.2) is 54.5 Å². The number of aromatic nitrogens is 5. The summed E-state index contributed by atoms with van der Waals surface area (Å²) in [5.41, 5.74) is 2.75. The second-order valence-electron chi connectivity index (χ2n) is 9.80. The van der Waals surface area contributed by atoms with E-state index in [-0.39, 0.29) is 6.04 Å². The quantitative estimate of drug-likeness (QED) is 0.596. The number of likely N-dealkylation sites (tertiary alicyclic amines) is 1. The first-order chi connectivity index (χ1) is 15.9. The largest absolute Gasteiger partial charge is 0.491 e. The average molecular weight is 446 g/mol. The van der Waals surface area contributed by atoms with Gasteiger partial charge in [0.2, 0.25) is 0 Å². The number of nitriles is 1. The minimum atomic E-state index is -0.406. The van der Waals surface area contributed by atoms with E-state index in [9.17, 15) is 5.26 Å². The first-order valence-electron chi connectivity index (χ1n) is 11.8. The van der Waals surface area contributed by atoms with Crippen LogP contribution in [-0.2, 0) is 6.54 Å². The van der Waals surface area contributed by atoms with E-state index >= 15 is 0 Å². The highest BCUT2D eigenvalue weighted by molar-refractivity contribution is 5.69. The van der Waals surface area contributed by atoms with Crippen molar-refractivity contribution in [2.45, 2.75) is 64.6 Å². The number of hydrogen-bond acceptors (Lipinski definition) is 6. The van der Waals surface area contributed by atoms with Crippen molar-refractivity contribution < 1.29 is 4.74 Å². The monoisotopic (exact) mass is 445 g/mol. The number of imidazole rings is 1. The molecule has 33 heavy (non-hydrogen) atoms. The normalized spacial score (nSPS) is 17.2. The molecule has 2 aromatic heterocycles. The lowest BCUT2D eigenvalue weighted by Gasteiger charge is -2.39. The molecule has 172 valence electrons. The number of rotatable bonds is 4. The summed E-state index contributed by atoms with van der Waals surface area (Å²) in [6, 6.07) is 9.22. The SMILES string of the molecule is CC(C)n1ncnc1-c1cn2c(n1)-c1ccc(C3CCN(C(C)(C)C#N)CC3)cc1OCC2. The zero-order valence-corrected chi connectivity index (χ0v) is 19.8. The Labute approximate surface area is 194 Å². The van der Waals surface area contributed by atoms with Crippen molar-refractivity contribution in [3.63, 3.8) is 0 Å². The molecule has 2 aliphatic rings. The molecular formula is C25H31N7O. The van der Waals surface area contributed by atoms with E-state index < -0.39 is 5.54 Å². The van der Waals surface area contributed by atoms with Crippen molar-refractivity contribution in [2.75, 3.05) is 19.7 Å². The molecule has 0 saturated carbocycles. The lowest BCUT2D eigenvalue weighted by atomic mass is 9.87. The second-order valence-corrected chi connectivity index (χ2v) is 9.80. The molecular weight excluding hydrogens is 414 g/mol. The van der Waals surface area contributed by atoms with Gasteiger partial charge in [0.05, 0.1) is 18.2 Å². The summed E-state index contributed by atoms with van der Waals surface area (Å²) in [6.45, 7) is 11.4. The van der Waals surface area contributed by atoms with Crippen molar-refractivity contribution in [3.05, 3.63) is 36.3 Å². The van der Waals surface area contributed by atoms with Crippen molar-refractivity contribution in [2.24, 2.45) is 0 Å². The van der Waals surface area contributed by atoms with Crippen LogP contribution in [0.2, 0.25) is 0 Å². The molecule has 0 atom stereocenters. The van der Waals surface area contributed by atoms with Crippen LogP contribution in [0.25, 0.3) is 22.9 Å². The van der Waals surface area contributed by atoms with Crippen LogP contribution in [0.4, 0.5) is 0 Å². The fourth-order valence-corrected chi connectivity index (χ4v) is 4.91. The Bertz CT molecular complexity index is 1190. The summed E-state index contributed by atoms with van der Waals surface area (Å²) in [7, 11) is 0. The van der Waals surface area contributed by atoms with Crippen molar-refractivity contribution in [1.29, 1.82) is 5.26 Å². The van der Waals surface area contributed by atoms with Gasteiger partial charge in [-0.3, -0.25) is 4.90 Å². The number of fused-ring (bicyclic) bond motifs is 3.